The molecule has 3 aliphatic heterocycles. The van der Waals surface area contributed by atoms with E-state index >= 15 is 0 Å². The lowest BCUT2D eigenvalue weighted by Gasteiger charge is -2.47. The van der Waals surface area contributed by atoms with Gasteiger partial charge in [0.25, 0.3) is 0 Å². The number of cyclic esters (lactones) is 1. The minimum absolute atomic E-state index is 0.0197. The molecular formula is C35H62N6O8. The first-order chi connectivity index (χ1) is 23.0. The fourth-order valence-electron chi connectivity index (χ4n) is 8.27. The Morgan fingerprint density at radius 2 is 1.82 bits per heavy atom. The van der Waals surface area contributed by atoms with Crippen LogP contribution in [-0.4, -0.2) is 122 Å². The topological polar surface area (TPSA) is 165 Å². The summed E-state index contributed by atoms with van der Waals surface area (Å²) >= 11 is 0. The van der Waals surface area contributed by atoms with Crippen LogP contribution in [-0.2, 0) is 33.3 Å². The molecule has 3 fully saturated rings. The number of ether oxygens (including phenoxy) is 5. The van der Waals surface area contributed by atoms with Crippen molar-refractivity contribution in [1.82, 2.24) is 15.1 Å². The molecule has 3 rings (SSSR count). The number of nitrogens with one attached hydrogen (secondary N) is 1. The maximum absolute atomic E-state index is 13.9. The van der Waals surface area contributed by atoms with Gasteiger partial charge in [-0.1, -0.05) is 32.8 Å². The van der Waals surface area contributed by atoms with Crippen LogP contribution in [0, 0.1) is 17.8 Å². The first-order valence-corrected chi connectivity index (χ1v) is 18.0. The average molecular weight is 695 g/mol. The number of hydrogen-bond donors (Lipinski definition) is 1. The molecule has 0 bridgehead atoms. The second kappa shape index (κ2) is 17.6. The third-order valence-electron chi connectivity index (χ3n) is 11.0. The van der Waals surface area contributed by atoms with E-state index in [0.29, 0.717) is 45.3 Å². The van der Waals surface area contributed by atoms with Gasteiger partial charge in [0.1, 0.15) is 18.3 Å². The van der Waals surface area contributed by atoms with Crippen LogP contribution in [0.25, 0.3) is 10.4 Å². The van der Waals surface area contributed by atoms with Gasteiger partial charge < -0.3 is 33.9 Å². The SMILES string of the molecule is CC[C@H]1OC(=O)CC(=O)[C@H](C)[C@@H](O[C@@H]2OC(C)CC(N(C)C)C2C)[C@](C)(OC)C[C@@H](C)CN[C@H](C)[C@H]2N(CCCCN=[N+]=[N-])C(=O)O[C@]12C. The van der Waals surface area contributed by atoms with E-state index in [1.54, 1.807) is 25.9 Å². The summed E-state index contributed by atoms with van der Waals surface area (Å²) in [5, 5.41) is 7.26. The fraction of sp³-hybridized carbons (Fsp3) is 0.914. The zero-order chi connectivity index (χ0) is 36.7. The predicted octanol–water partition coefficient (Wildman–Crippen LogP) is 5.08. The number of methoxy groups -OCH3 is 1. The second-order valence-electron chi connectivity index (χ2n) is 15.2. The lowest BCUT2D eigenvalue weighted by molar-refractivity contribution is -0.280. The normalized spacial score (nSPS) is 39.8. The van der Waals surface area contributed by atoms with Crippen molar-refractivity contribution >= 4 is 17.8 Å². The number of fused-ring (bicyclic) bond motifs is 1. The molecular weight excluding hydrogens is 632 g/mol. The molecule has 0 aliphatic carbocycles. The third-order valence-corrected chi connectivity index (χ3v) is 11.0. The number of rotatable bonds is 10. The zero-order valence-corrected chi connectivity index (χ0v) is 31.6. The Hall–Kier alpha value is -2.48. The summed E-state index contributed by atoms with van der Waals surface area (Å²) in [4.78, 5) is 47.6. The van der Waals surface area contributed by atoms with Crippen molar-refractivity contribution in [2.75, 3.05) is 40.8 Å². The van der Waals surface area contributed by atoms with Crippen LogP contribution >= 0.6 is 0 Å². The van der Waals surface area contributed by atoms with Gasteiger partial charge in [-0.3, -0.25) is 14.5 Å². The van der Waals surface area contributed by atoms with E-state index in [1.165, 1.54) is 0 Å². The van der Waals surface area contributed by atoms with Crippen molar-refractivity contribution in [3.05, 3.63) is 10.4 Å². The molecule has 0 aromatic carbocycles. The van der Waals surface area contributed by atoms with Crippen LogP contribution in [0.5, 0.6) is 0 Å². The van der Waals surface area contributed by atoms with Crippen LogP contribution in [0.1, 0.15) is 93.9 Å². The Morgan fingerprint density at radius 3 is 2.43 bits per heavy atom. The highest BCUT2D eigenvalue weighted by molar-refractivity contribution is 5.97. The van der Waals surface area contributed by atoms with Gasteiger partial charge in [-0.15, -0.1) is 0 Å². The maximum atomic E-state index is 13.9. The number of carbonyl (C=O) groups is 3. The maximum Gasteiger partial charge on any atom is 0.410 e. The smallest absolute Gasteiger partial charge is 0.410 e. The Balaban J connectivity index is 1.98. The number of hydrogen-bond acceptors (Lipinski definition) is 11. The van der Waals surface area contributed by atoms with Crippen molar-refractivity contribution in [3.8, 4) is 0 Å². The van der Waals surface area contributed by atoms with Crippen molar-refractivity contribution in [1.29, 1.82) is 0 Å². The van der Waals surface area contributed by atoms with Crippen LogP contribution in [0.3, 0.4) is 0 Å². The fourth-order valence-corrected chi connectivity index (χ4v) is 8.27. The van der Waals surface area contributed by atoms with E-state index < -0.39 is 60.1 Å². The predicted molar refractivity (Wildman–Crippen MR) is 185 cm³/mol. The molecule has 12 atom stereocenters. The monoisotopic (exact) mass is 694 g/mol. The quantitative estimate of drug-likeness (QED) is 0.0814. The number of unbranched alkanes of at least 4 members (excludes halogenated alkanes) is 1. The van der Waals surface area contributed by atoms with Gasteiger partial charge in [0, 0.05) is 49.0 Å². The standard InChI is InChI=1S/C35H62N6O8/c1-12-28-35(8)30(41(33(44)49-35)16-14-13-15-38-39-36)25(6)37-20-21(2)19-34(7,45-11)31(24(5)27(42)18-29(43)47-28)48-32-23(4)26(40(9)10)17-22(3)46-32/h21-26,28,30-32,37H,12-20H2,1-11H3/t21-,22?,23?,24+,25-,26?,28-,30-,31-,32+,34-,35-/m1/s1. The highest BCUT2D eigenvalue weighted by atomic mass is 16.7. The molecule has 0 aromatic heterocycles. The number of ketones is 1. The summed E-state index contributed by atoms with van der Waals surface area (Å²) in [5.74, 6) is -1.65. The van der Waals surface area contributed by atoms with Crippen LogP contribution in [0.15, 0.2) is 5.11 Å². The lowest BCUT2D eigenvalue weighted by atomic mass is 9.79. The van der Waals surface area contributed by atoms with E-state index in [2.05, 4.69) is 48.2 Å². The Labute approximate surface area is 292 Å². The molecule has 0 radical (unpaired) electrons. The molecule has 3 saturated heterocycles. The number of carbonyl (C=O) groups excluding carboxylic acids is 3. The molecule has 49 heavy (non-hydrogen) atoms. The van der Waals surface area contributed by atoms with Crippen LogP contribution in [0.4, 0.5) is 4.79 Å². The minimum atomic E-state index is -1.18. The highest BCUT2D eigenvalue weighted by Gasteiger charge is 2.58. The van der Waals surface area contributed by atoms with Crippen molar-refractivity contribution < 1.29 is 38.1 Å². The van der Waals surface area contributed by atoms with E-state index in [9.17, 15) is 14.4 Å². The van der Waals surface area contributed by atoms with Gasteiger partial charge in [0.2, 0.25) is 0 Å². The van der Waals surface area contributed by atoms with Gasteiger partial charge in [-0.05, 0) is 91.9 Å². The van der Waals surface area contributed by atoms with Gasteiger partial charge in [0.05, 0.1) is 23.9 Å². The zero-order valence-electron chi connectivity index (χ0n) is 31.6. The summed E-state index contributed by atoms with van der Waals surface area (Å²) in [5.41, 5.74) is 6.55. The molecule has 14 heteroatoms. The second-order valence-corrected chi connectivity index (χ2v) is 15.2. The first kappa shape index (κ1) is 40.9. The number of esters is 1. The molecule has 280 valence electrons. The summed E-state index contributed by atoms with van der Waals surface area (Å²) in [6, 6.07) is -0.510. The molecule has 3 heterocycles. The van der Waals surface area contributed by atoms with E-state index in [-0.39, 0.29) is 35.8 Å². The van der Waals surface area contributed by atoms with E-state index in [4.69, 9.17) is 29.2 Å². The van der Waals surface area contributed by atoms with E-state index in [1.807, 2.05) is 27.7 Å². The Kier molecular flexibility index (Phi) is 14.7. The van der Waals surface area contributed by atoms with Crippen molar-refractivity contribution in [2.45, 2.75) is 148 Å². The molecule has 14 nitrogen and oxygen atoms in total. The third kappa shape index (κ3) is 9.65. The summed E-state index contributed by atoms with van der Waals surface area (Å²) in [6.45, 7) is 17.0. The number of azide groups is 1. The largest absolute Gasteiger partial charge is 0.458 e. The van der Waals surface area contributed by atoms with Gasteiger partial charge >= 0.3 is 12.1 Å². The summed E-state index contributed by atoms with van der Waals surface area (Å²) < 4.78 is 31.5. The molecule has 3 unspecified atom stereocenters. The summed E-state index contributed by atoms with van der Waals surface area (Å²) in [7, 11) is 5.74. The lowest BCUT2D eigenvalue weighted by Crippen LogP contribution is -2.60. The van der Waals surface area contributed by atoms with E-state index in [0.717, 1.165) is 6.42 Å². The molecule has 1 N–H and O–H groups in total. The van der Waals surface area contributed by atoms with Gasteiger partial charge in [0.15, 0.2) is 11.9 Å². The Morgan fingerprint density at radius 1 is 1.12 bits per heavy atom. The molecule has 0 saturated carbocycles. The minimum Gasteiger partial charge on any atom is -0.458 e. The summed E-state index contributed by atoms with van der Waals surface area (Å²) in [6.07, 6.45) is -0.0851. The number of Topliss-reactive ketones (excluding diaryl/α,β-unsaturated/α-hetero) is 1. The van der Waals surface area contributed by atoms with Crippen LogP contribution < -0.4 is 5.32 Å². The van der Waals surface area contributed by atoms with Crippen molar-refractivity contribution in [3.63, 3.8) is 0 Å². The van der Waals surface area contributed by atoms with Gasteiger partial charge in [-0.2, -0.15) is 0 Å². The van der Waals surface area contributed by atoms with Crippen LogP contribution in [0.2, 0.25) is 0 Å². The van der Waals surface area contributed by atoms with Crippen molar-refractivity contribution in [2.24, 2.45) is 22.9 Å². The molecule has 0 aromatic rings. The number of nitrogens with zero attached hydrogens (tertiary/aromatic N) is 5. The first-order valence-electron chi connectivity index (χ1n) is 18.0. The average Bonchev–Trinajstić information content (AvgIpc) is 3.30. The number of amides is 1. The molecule has 1 amide bonds. The van der Waals surface area contributed by atoms with Gasteiger partial charge in [-0.25, -0.2) is 4.79 Å². The highest BCUT2D eigenvalue weighted by Crippen LogP contribution is 2.40. The Bertz CT molecular complexity index is 1180. The molecule has 3 aliphatic rings. The molecule has 0 spiro atoms.